The number of hydrogen-bond donors (Lipinski definition) is 2. The SMILES string of the molecule is C[C@@H](CO)NC1CC(c2ccccc2F)C1. The first-order chi connectivity index (χ1) is 7.70. The minimum absolute atomic E-state index is 0.0962. The monoisotopic (exact) mass is 223 g/mol. The summed E-state index contributed by atoms with van der Waals surface area (Å²) in [5.74, 6) is 0.241. The van der Waals surface area contributed by atoms with Crippen LogP contribution in [0.25, 0.3) is 0 Å². The highest BCUT2D eigenvalue weighted by Gasteiger charge is 2.32. The van der Waals surface area contributed by atoms with Gasteiger partial charge >= 0.3 is 0 Å². The van der Waals surface area contributed by atoms with Gasteiger partial charge in [0, 0.05) is 12.1 Å². The second-order valence-electron chi connectivity index (χ2n) is 4.64. The first-order valence-corrected chi connectivity index (χ1v) is 5.82. The predicted octanol–water partition coefficient (Wildman–Crippen LogP) is 2.04. The number of hydrogen-bond acceptors (Lipinski definition) is 2. The van der Waals surface area contributed by atoms with Crippen LogP contribution in [-0.4, -0.2) is 23.8 Å². The van der Waals surface area contributed by atoms with Crippen molar-refractivity contribution in [1.82, 2.24) is 5.32 Å². The van der Waals surface area contributed by atoms with Gasteiger partial charge in [0.05, 0.1) is 6.61 Å². The van der Waals surface area contributed by atoms with Crippen LogP contribution in [0.15, 0.2) is 24.3 Å². The predicted molar refractivity (Wildman–Crippen MR) is 61.8 cm³/mol. The van der Waals surface area contributed by atoms with E-state index in [0.717, 1.165) is 18.4 Å². The Morgan fingerprint density at radius 1 is 1.44 bits per heavy atom. The van der Waals surface area contributed by atoms with Gasteiger partial charge in [0.2, 0.25) is 0 Å². The Labute approximate surface area is 95.5 Å². The van der Waals surface area contributed by atoms with Gasteiger partial charge in [-0.2, -0.15) is 0 Å². The van der Waals surface area contributed by atoms with Crippen molar-refractivity contribution in [3.8, 4) is 0 Å². The fraction of sp³-hybridized carbons (Fsp3) is 0.538. The zero-order valence-corrected chi connectivity index (χ0v) is 9.49. The average molecular weight is 223 g/mol. The van der Waals surface area contributed by atoms with Gasteiger partial charge in [-0.05, 0) is 37.3 Å². The van der Waals surface area contributed by atoms with Gasteiger partial charge in [-0.25, -0.2) is 4.39 Å². The molecule has 0 radical (unpaired) electrons. The van der Waals surface area contributed by atoms with Crippen LogP contribution in [0.4, 0.5) is 4.39 Å². The van der Waals surface area contributed by atoms with Gasteiger partial charge in [0.1, 0.15) is 5.82 Å². The van der Waals surface area contributed by atoms with E-state index in [1.807, 2.05) is 19.1 Å². The summed E-state index contributed by atoms with van der Waals surface area (Å²) in [6.45, 7) is 2.11. The van der Waals surface area contributed by atoms with E-state index in [-0.39, 0.29) is 18.5 Å². The lowest BCUT2D eigenvalue weighted by atomic mass is 9.75. The summed E-state index contributed by atoms with van der Waals surface area (Å²) >= 11 is 0. The third kappa shape index (κ3) is 2.42. The van der Waals surface area contributed by atoms with E-state index in [1.54, 1.807) is 6.07 Å². The molecule has 0 heterocycles. The van der Waals surface area contributed by atoms with Crippen LogP contribution in [0.5, 0.6) is 0 Å². The van der Waals surface area contributed by atoms with Gasteiger partial charge < -0.3 is 10.4 Å². The molecule has 0 unspecified atom stereocenters. The van der Waals surface area contributed by atoms with Crippen molar-refractivity contribution >= 4 is 0 Å². The van der Waals surface area contributed by atoms with Crippen LogP contribution in [0.2, 0.25) is 0 Å². The normalized spacial score (nSPS) is 26.2. The Kier molecular flexibility index (Phi) is 3.56. The number of nitrogens with one attached hydrogen (secondary N) is 1. The Balaban J connectivity index is 1.87. The number of rotatable bonds is 4. The van der Waals surface area contributed by atoms with E-state index >= 15 is 0 Å². The van der Waals surface area contributed by atoms with E-state index in [2.05, 4.69) is 5.32 Å². The zero-order chi connectivity index (χ0) is 11.5. The number of benzene rings is 1. The van der Waals surface area contributed by atoms with Gasteiger partial charge in [0.15, 0.2) is 0 Å². The molecule has 0 bridgehead atoms. The maximum Gasteiger partial charge on any atom is 0.126 e. The second-order valence-corrected chi connectivity index (χ2v) is 4.64. The van der Waals surface area contributed by atoms with Crippen molar-refractivity contribution < 1.29 is 9.50 Å². The fourth-order valence-electron chi connectivity index (χ4n) is 2.27. The minimum Gasteiger partial charge on any atom is -0.395 e. The molecule has 0 spiro atoms. The van der Waals surface area contributed by atoms with Crippen molar-refractivity contribution in [3.63, 3.8) is 0 Å². The van der Waals surface area contributed by atoms with Gasteiger partial charge in [-0.3, -0.25) is 0 Å². The van der Waals surface area contributed by atoms with Crippen LogP contribution < -0.4 is 5.32 Å². The smallest absolute Gasteiger partial charge is 0.126 e. The number of aliphatic hydroxyl groups is 1. The molecule has 0 saturated heterocycles. The van der Waals surface area contributed by atoms with E-state index < -0.39 is 0 Å². The standard InChI is InChI=1S/C13H18FNO/c1-9(8-16)15-11-6-10(7-11)12-4-2-3-5-13(12)14/h2-5,9-11,15-16H,6-8H2,1H3/t9-,10?,11?/m0/s1. The molecule has 2 N–H and O–H groups in total. The third-order valence-corrected chi connectivity index (χ3v) is 3.28. The molecule has 16 heavy (non-hydrogen) atoms. The molecule has 2 rings (SSSR count). The fourth-order valence-corrected chi connectivity index (χ4v) is 2.27. The lowest BCUT2D eigenvalue weighted by Crippen LogP contribution is -2.45. The van der Waals surface area contributed by atoms with E-state index in [0.29, 0.717) is 12.0 Å². The van der Waals surface area contributed by atoms with Crippen LogP contribution in [-0.2, 0) is 0 Å². The molecule has 0 aliphatic heterocycles. The van der Waals surface area contributed by atoms with Gasteiger partial charge in [0.25, 0.3) is 0 Å². The van der Waals surface area contributed by atoms with E-state index in [1.165, 1.54) is 6.07 Å². The topological polar surface area (TPSA) is 32.3 Å². The Hall–Kier alpha value is -0.930. The number of halogens is 1. The highest BCUT2D eigenvalue weighted by molar-refractivity contribution is 5.24. The Bertz CT molecular complexity index is 350. The van der Waals surface area contributed by atoms with E-state index in [9.17, 15) is 4.39 Å². The molecule has 1 aliphatic rings. The Morgan fingerprint density at radius 2 is 2.12 bits per heavy atom. The molecular weight excluding hydrogens is 205 g/mol. The van der Waals surface area contributed by atoms with Crippen LogP contribution in [0.1, 0.15) is 31.2 Å². The van der Waals surface area contributed by atoms with Crippen molar-refractivity contribution in [3.05, 3.63) is 35.6 Å². The maximum atomic E-state index is 13.5. The lowest BCUT2D eigenvalue weighted by Gasteiger charge is -2.38. The van der Waals surface area contributed by atoms with Crippen LogP contribution >= 0.6 is 0 Å². The molecule has 1 atom stereocenters. The summed E-state index contributed by atoms with van der Waals surface area (Å²) in [7, 11) is 0. The summed E-state index contributed by atoms with van der Waals surface area (Å²) in [6.07, 6.45) is 1.93. The first-order valence-electron chi connectivity index (χ1n) is 5.82. The second kappa shape index (κ2) is 4.93. The average Bonchev–Trinajstić information content (AvgIpc) is 2.24. The Morgan fingerprint density at radius 3 is 2.75 bits per heavy atom. The van der Waals surface area contributed by atoms with Crippen LogP contribution in [0, 0.1) is 5.82 Å². The van der Waals surface area contributed by atoms with Crippen molar-refractivity contribution in [2.75, 3.05) is 6.61 Å². The largest absolute Gasteiger partial charge is 0.395 e. The number of aliphatic hydroxyl groups excluding tert-OH is 1. The molecule has 2 nitrogen and oxygen atoms in total. The molecular formula is C13H18FNO. The summed E-state index contributed by atoms with van der Waals surface area (Å²) in [6, 6.07) is 7.55. The molecule has 1 fully saturated rings. The summed E-state index contributed by atoms with van der Waals surface area (Å²) in [4.78, 5) is 0. The molecule has 88 valence electrons. The summed E-state index contributed by atoms with van der Waals surface area (Å²) < 4.78 is 13.5. The molecule has 0 amide bonds. The first kappa shape index (κ1) is 11.6. The highest BCUT2D eigenvalue weighted by atomic mass is 19.1. The molecule has 1 saturated carbocycles. The molecule has 1 aromatic rings. The van der Waals surface area contributed by atoms with Gasteiger partial charge in [-0.1, -0.05) is 18.2 Å². The zero-order valence-electron chi connectivity index (χ0n) is 9.49. The molecule has 0 aromatic heterocycles. The maximum absolute atomic E-state index is 13.5. The van der Waals surface area contributed by atoms with E-state index in [4.69, 9.17) is 5.11 Å². The van der Waals surface area contributed by atoms with Crippen LogP contribution in [0.3, 0.4) is 0 Å². The van der Waals surface area contributed by atoms with Crippen molar-refractivity contribution in [2.45, 2.75) is 37.8 Å². The lowest BCUT2D eigenvalue weighted by molar-refractivity contribution is 0.203. The van der Waals surface area contributed by atoms with Crippen molar-refractivity contribution in [2.24, 2.45) is 0 Å². The highest BCUT2D eigenvalue weighted by Crippen LogP contribution is 2.38. The molecule has 1 aromatic carbocycles. The summed E-state index contributed by atoms with van der Waals surface area (Å²) in [5, 5.41) is 12.2. The van der Waals surface area contributed by atoms with Gasteiger partial charge in [-0.15, -0.1) is 0 Å². The van der Waals surface area contributed by atoms with Crippen molar-refractivity contribution in [1.29, 1.82) is 0 Å². The quantitative estimate of drug-likeness (QED) is 0.818. The minimum atomic E-state index is -0.0962. The third-order valence-electron chi connectivity index (χ3n) is 3.28. The molecule has 1 aliphatic carbocycles. The summed E-state index contributed by atoms with van der Waals surface area (Å²) in [5.41, 5.74) is 0.831. The molecule has 3 heteroatoms.